The van der Waals surface area contributed by atoms with Gasteiger partial charge in [-0.2, -0.15) is 4.98 Å². The highest BCUT2D eigenvalue weighted by atomic mass is 32.1. The second-order valence-corrected chi connectivity index (χ2v) is 7.34. The summed E-state index contributed by atoms with van der Waals surface area (Å²) >= 11 is 5.53. The van der Waals surface area contributed by atoms with Crippen LogP contribution in [0.15, 0.2) is 21.1 Å². The van der Waals surface area contributed by atoms with Gasteiger partial charge in [-0.3, -0.25) is 0 Å². The van der Waals surface area contributed by atoms with E-state index in [9.17, 15) is 0 Å². The maximum atomic E-state index is 5.63. The van der Waals surface area contributed by atoms with Crippen LogP contribution in [-0.2, 0) is 4.74 Å². The van der Waals surface area contributed by atoms with Crippen LogP contribution in [-0.4, -0.2) is 52.5 Å². The Labute approximate surface area is 158 Å². The summed E-state index contributed by atoms with van der Waals surface area (Å²) in [5, 5.41) is 8.22. The van der Waals surface area contributed by atoms with Gasteiger partial charge in [0.25, 0.3) is 0 Å². The molecule has 0 bridgehead atoms. The van der Waals surface area contributed by atoms with E-state index in [2.05, 4.69) is 20.4 Å². The molecule has 1 unspecified atom stereocenters. The van der Waals surface area contributed by atoms with E-state index in [1.807, 2.05) is 19.1 Å². The first-order chi connectivity index (χ1) is 12.7. The van der Waals surface area contributed by atoms with Crippen molar-refractivity contribution in [2.24, 2.45) is 0 Å². The number of rotatable bonds is 4. The third-order valence-electron chi connectivity index (χ3n) is 5.04. The largest absolute Gasteiger partial charge is 0.458 e. The van der Waals surface area contributed by atoms with Gasteiger partial charge in [-0.15, -0.1) is 0 Å². The average molecular weight is 376 g/mol. The van der Waals surface area contributed by atoms with Crippen LogP contribution in [0, 0.1) is 6.92 Å². The second-order valence-electron chi connectivity index (χ2n) is 6.95. The standard InChI is InChI=1S/C18H24N4O3S/c1-12-4-5-15(24-12)16-20-17(25-21-16)13-6-8-22(9-7-13)18(26)19-11-14-3-2-10-23-14/h4-5,13-14H,2-3,6-11H2,1H3,(H,19,26). The number of piperidine rings is 1. The predicted octanol–water partition coefficient (Wildman–Crippen LogP) is 2.87. The fourth-order valence-electron chi connectivity index (χ4n) is 3.50. The third kappa shape index (κ3) is 3.91. The molecule has 4 heterocycles. The van der Waals surface area contributed by atoms with Crippen LogP contribution in [0.25, 0.3) is 11.6 Å². The number of hydrogen-bond donors (Lipinski definition) is 1. The van der Waals surface area contributed by atoms with Crippen LogP contribution < -0.4 is 5.32 Å². The molecule has 1 atom stereocenters. The van der Waals surface area contributed by atoms with Gasteiger partial charge in [0, 0.05) is 32.2 Å². The van der Waals surface area contributed by atoms with Crippen LogP contribution in [0.3, 0.4) is 0 Å². The Morgan fingerprint density at radius 2 is 2.15 bits per heavy atom. The highest BCUT2D eigenvalue weighted by Gasteiger charge is 2.27. The topological polar surface area (TPSA) is 76.6 Å². The maximum Gasteiger partial charge on any atom is 0.238 e. The summed E-state index contributed by atoms with van der Waals surface area (Å²) in [4.78, 5) is 6.74. The Balaban J connectivity index is 1.28. The van der Waals surface area contributed by atoms with E-state index in [1.54, 1.807) is 0 Å². The SMILES string of the molecule is Cc1ccc(-c2noc(C3CCN(C(=S)NCC4CCCO4)CC3)n2)o1. The molecule has 0 saturated carbocycles. The zero-order valence-electron chi connectivity index (χ0n) is 14.9. The van der Waals surface area contributed by atoms with Crippen LogP contribution in [0.5, 0.6) is 0 Å². The summed E-state index contributed by atoms with van der Waals surface area (Å²) in [5.74, 6) is 2.96. The Hall–Kier alpha value is -1.93. The van der Waals surface area contributed by atoms with Crippen molar-refractivity contribution >= 4 is 17.3 Å². The number of thiocarbonyl (C=S) groups is 1. The summed E-state index contributed by atoms with van der Waals surface area (Å²) in [7, 11) is 0. The molecule has 2 aliphatic heterocycles. The van der Waals surface area contributed by atoms with Crippen LogP contribution in [0.1, 0.15) is 43.3 Å². The molecule has 0 amide bonds. The first kappa shape index (κ1) is 17.5. The van der Waals surface area contributed by atoms with Gasteiger partial charge in [0.1, 0.15) is 5.76 Å². The van der Waals surface area contributed by atoms with Gasteiger partial charge in [-0.1, -0.05) is 5.16 Å². The van der Waals surface area contributed by atoms with Crippen LogP contribution >= 0.6 is 12.2 Å². The van der Waals surface area contributed by atoms with Crippen molar-refractivity contribution < 1.29 is 13.7 Å². The third-order valence-corrected chi connectivity index (χ3v) is 5.44. The monoisotopic (exact) mass is 376 g/mol. The molecular formula is C18H24N4O3S. The van der Waals surface area contributed by atoms with E-state index in [0.717, 1.165) is 62.8 Å². The minimum absolute atomic E-state index is 0.268. The number of likely N-dealkylation sites (tertiary alicyclic amines) is 1. The van der Waals surface area contributed by atoms with E-state index < -0.39 is 0 Å². The smallest absolute Gasteiger partial charge is 0.238 e. The van der Waals surface area contributed by atoms with Gasteiger partial charge in [0.05, 0.1) is 6.10 Å². The van der Waals surface area contributed by atoms with Crippen LogP contribution in [0.2, 0.25) is 0 Å². The predicted molar refractivity (Wildman–Crippen MR) is 99.9 cm³/mol. The Bertz CT molecular complexity index is 745. The molecule has 2 aromatic heterocycles. The highest BCUT2D eigenvalue weighted by Crippen LogP contribution is 2.29. The molecule has 7 nitrogen and oxygen atoms in total. The van der Waals surface area contributed by atoms with Crippen LogP contribution in [0.4, 0.5) is 0 Å². The minimum Gasteiger partial charge on any atom is -0.458 e. The molecule has 1 N–H and O–H groups in total. The Morgan fingerprint density at radius 3 is 2.85 bits per heavy atom. The fourth-order valence-corrected chi connectivity index (χ4v) is 3.77. The van der Waals surface area contributed by atoms with Gasteiger partial charge in [-0.05, 0) is 57.0 Å². The van der Waals surface area contributed by atoms with E-state index in [4.69, 9.17) is 25.9 Å². The zero-order chi connectivity index (χ0) is 17.9. The van der Waals surface area contributed by atoms with Gasteiger partial charge < -0.3 is 23.9 Å². The lowest BCUT2D eigenvalue weighted by molar-refractivity contribution is 0.113. The van der Waals surface area contributed by atoms with E-state index in [1.165, 1.54) is 0 Å². The fraction of sp³-hybridized carbons (Fsp3) is 0.611. The molecule has 26 heavy (non-hydrogen) atoms. The molecule has 2 aliphatic rings. The summed E-state index contributed by atoms with van der Waals surface area (Å²) in [6, 6.07) is 3.76. The Kier molecular flexibility index (Phi) is 5.21. The number of furan rings is 1. The summed E-state index contributed by atoms with van der Waals surface area (Å²) in [6.45, 7) is 5.35. The van der Waals surface area contributed by atoms with Gasteiger partial charge in [-0.25, -0.2) is 0 Å². The zero-order valence-corrected chi connectivity index (χ0v) is 15.8. The van der Waals surface area contributed by atoms with E-state index >= 15 is 0 Å². The quantitative estimate of drug-likeness (QED) is 0.817. The molecule has 2 saturated heterocycles. The molecule has 0 radical (unpaired) electrons. The Morgan fingerprint density at radius 1 is 1.31 bits per heavy atom. The van der Waals surface area contributed by atoms with E-state index in [0.29, 0.717) is 23.6 Å². The lowest BCUT2D eigenvalue weighted by atomic mass is 9.97. The van der Waals surface area contributed by atoms with E-state index in [-0.39, 0.29) is 5.92 Å². The molecule has 140 valence electrons. The van der Waals surface area contributed by atoms with Crippen molar-refractivity contribution in [1.29, 1.82) is 0 Å². The second kappa shape index (κ2) is 7.75. The summed E-state index contributed by atoms with van der Waals surface area (Å²) in [5.41, 5.74) is 0. The molecule has 8 heteroatoms. The number of nitrogens with zero attached hydrogens (tertiary/aromatic N) is 3. The molecule has 2 fully saturated rings. The summed E-state index contributed by atoms with van der Waals surface area (Å²) < 4.78 is 16.7. The van der Waals surface area contributed by atoms with Gasteiger partial charge in [0.2, 0.25) is 11.7 Å². The average Bonchev–Trinajstić information content (AvgIpc) is 3.41. The highest BCUT2D eigenvalue weighted by molar-refractivity contribution is 7.80. The molecular weight excluding hydrogens is 352 g/mol. The summed E-state index contributed by atoms with van der Waals surface area (Å²) in [6.07, 6.45) is 4.45. The first-order valence-corrected chi connectivity index (χ1v) is 9.64. The number of hydrogen-bond acceptors (Lipinski definition) is 6. The lowest BCUT2D eigenvalue weighted by Gasteiger charge is -2.32. The molecule has 0 spiro atoms. The normalized spacial score (nSPS) is 21.3. The van der Waals surface area contributed by atoms with Crippen molar-refractivity contribution in [2.45, 2.75) is 44.6 Å². The van der Waals surface area contributed by atoms with Crippen molar-refractivity contribution in [1.82, 2.24) is 20.4 Å². The number of ether oxygens (including phenoxy) is 1. The lowest BCUT2D eigenvalue weighted by Crippen LogP contribution is -2.45. The number of aromatic nitrogens is 2. The minimum atomic E-state index is 0.268. The molecule has 0 aromatic carbocycles. The first-order valence-electron chi connectivity index (χ1n) is 9.24. The number of aryl methyl sites for hydroxylation is 1. The number of nitrogens with one attached hydrogen (secondary N) is 1. The molecule has 2 aromatic rings. The van der Waals surface area contributed by atoms with Crippen molar-refractivity contribution in [3.63, 3.8) is 0 Å². The molecule has 4 rings (SSSR count). The maximum absolute atomic E-state index is 5.63. The molecule has 0 aliphatic carbocycles. The van der Waals surface area contributed by atoms with Gasteiger partial charge >= 0.3 is 0 Å². The van der Waals surface area contributed by atoms with Crippen molar-refractivity contribution in [2.75, 3.05) is 26.2 Å². The van der Waals surface area contributed by atoms with Gasteiger partial charge in [0.15, 0.2) is 10.9 Å². The van der Waals surface area contributed by atoms with Crippen molar-refractivity contribution in [3.8, 4) is 11.6 Å². The van der Waals surface area contributed by atoms with Crippen molar-refractivity contribution in [3.05, 3.63) is 23.8 Å².